The Labute approximate surface area is 97.5 Å². The summed E-state index contributed by atoms with van der Waals surface area (Å²) in [6, 6.07) is 4.90. The Hall–Kier alpha value is -1.06. The van der Waals surface area contributed by atoms with Crippen molar-refractivity contribution in [2.45, 2.75) is 13.3 Å². The van der Waals surface area contributed by atoms with E-state index in [2.05, 4.69) is 0 Å². The van der Waals surface area contributed by atoms with Gasteiger partial charge in [-0.2, -0.15) is 0 Å². The molecule has 0 saturated heterocycles. The molecule has 0 bridgehead atoms. The third kappa shape index (κ3) is 3.22. The molecule has 3 nitrogen and oxygen atoms in total. The highest BCUT2D eigenvalue weighted by atomic mass is 35.5. The van der Waals surface area contributed by atoms with Gasteiger partial charge in [0.1, 0.15) is 0 Å². The minimum absolute atomic E-state index is 0.147. The number of nitro groups is 1. The number of halogens is 2. The number of allylic oxidation sites excluding steroid dienone is 1. The highest BCUT2D eigenvalue weighted by Gasteiger charge is 2.07. The quantitative estimate of drug-likeness (QED) is 0.597. The van der Waals surface area contributed by atoms with Crippen LogP contribution in [-0.2, 0) is 0 Å². The average Bonchev–Trinajstić information content (AvgIpc) is 2.19. The lowest BCUT2D eigenvalue weighted by Gasteiger charge is -1.98. The van der Waals surface area contributed by atoms with E-state index in [-0.39, 0.29) is 5.70 Å². The maximum absolute atomic E-state index is 10.6. The first-order valence-corrected chi connectivity index (χ1v) is 5.10. The molecule has 5 heteroatoms. The minimum atomic E-state index is -0.400. The summed E-state index contributed by atoms with van der Waals surface area (Å²) < 4.78 is 0. The summed E-state index contributed by atoms with van der Waals surface area (Å²) in [6.07, 6.45) is 1.86. The maximum Gasteiger partial charge on any atom is 0.246 e. The molecule has 0 aliphatic heterocycles. The Morgan fingerprint density at radius 3 is 2.60 bits per heavy atom. The van der Waals surface area contributed by atoms with Gasteiger partial charge in [0, 0.05) is 12.5 Å². The molecular formula is C10H9Cl2NO2. The molecule has 80 valence electrons. The Morgan fingerprint density at radius 1 is 1.47 bits per heavy atom. The Kier molecular flexibility index (Phi) is 4.12. The molecule has 1 rings (SSSR count). The summed E-state index contributed by atoms with van der Waals surface area (Å²) in [5.41, 5.74) is 0.825. The van der Waals surface area contributed by atoms with E-state index in [9.17, 15) is 10.1 Å². The summed E-state index contributed by atoms with van der Waals surface area (Å²) in [7, 11) is 0. The molecule has 0 heterocycles. The number of hydrogen-bond acceptors (Lipinski definition) is 2. The van der Waals surface area contributed by atoms with Gasteiger partial charge in [0.25, 0.3) is 0 Å². The van der Waals surface area contributed by atoms with E-state index in [1.54, 1.807) is 25.1 Å². The van der Waals surface area contributed by atoms with E-state index in [1.165, 1.54) is 6.08 Å². The molecule has 0 radical (unpaired) electrons. The van der Waals surface area contributed by atoms with Crippen LogP contribution in [0, 0.1) is 10.1 Å². The zero-order chi connectivity index (χ0) is 11.4. The lowest BCUT2D eigenvalue weighted by molar-refractivity contribution is -0.425. The average molecular weight is 246 g/mol. The van der Waals surface area contributed by atoms with Crippen molar-refractivity contribution in [3.8, 4) is 0 Å². The van der Waals surface area contributed by atoms with Crippen LogP contribution >= 0.6 is 23.2 Å². The van der Waals surface area contributed by atoms with Gasteiger partial charge in [-0.05, 0) is 17.7 Å². The predicted octanol–water partition coefficient (Wildman–Crippen LogP) is 4.02. The van der Waals surface area contributed by atoms with Gasteiger partial charge >= 0.3 is 0 Å². The summed E-state index contributed by atoms with van der Waals surface area (Å²) in [4.78, 5) is 10.2. The molecule has 0 aliphatic carbocycles. The molecule has 1 aromatic rings. The van der Waals surface area contributed by atoms with E-state index in [0.29, 0.717) is 22.0 Å². The summed E-state index contributed by atoms with van der Waals surface area (Å²) >= 11 is 11.5. The van der Waals surface area contributed by atoms with Crippen LogP contribution in [0.5, 0.6) is 0 Å². The van der Waals surface area contributed by atoms with Gasteiger partial charge in [0.15, 0.2) is 0 Å². The van der Waals surface area contributed by atoms with Gasteiger partial charge in [0.2, 0.25) is 5.70 Å². The fourth-order valence-corrected chi connectivity index (χ4v) is 1.38. The molecule has 0 spiro atoms. The van der Waals surface area contributed by atoms with Gasteiger partial charge in [-0.15, -0.1) is 0 Å². The second kappa shape index (κ2) is 5.14. The van der Waals surface area contributed by atoms with E-state index in [4.69, 9.17) is 23.2 Å². The zero-order valence-corrected chi connectivity index (χ0v) is 9.55. The molecule has 0 atom stereocenters. The topological polar surface area (TPSA) is 43.1 Å². The fraction of sp³-hybridized carbons (Fsp3) is 0.200. The largest absolute Gasteiger partial charge is 0.259 e. The highest BCUT2D eigenvalue weighted by Crippen LogP contribution is 2.24. The van der Waals surface area contributed by atoms with Crippen molar-refractivity contribution in [3.63, 3.8) is 0 Å². The number of nitrogens with zero attached hydrogens (tertiary/aromatic N) is 1. The standard InChI is InChI=1S/C10H9Cl2NO2/c1-2-8(13(14)15)5-7-3-4-9(11)10(12)6-7/h3-6H,2H2,1H3/b8-5+. The van der Waals surface area contributed by atoms with Crippen molar-refractivity contribution >= 4 is 29.3 Å². The number of rotatable bonds is 3. The molecule has 0 fully saturated rings. The third-order valence-electron chi connectivity index (χ3n) is 1.87. The van der Waals surface area contributed by atoms with Crippen LogP contribution in [0.3, 0.4) is 0 Å². The molecule has 1 aromatic carbocycles. The van der Waals surface area contributed by atoms with Gasteiger partial charge in [-0.3, -0.25) is 10.1 Å². The SMILES string of the molecule is CC/C(=C\c1ccc(Cl)c(Cl)c1)[N+](=O)[O-]. The van der Waals surface area contributed by atoms with Crippen LogP contribution in [0.2, 0.25) is 10.0 Å². The lowest BCUT2D eigenvalue weighted by atomic mass is 10.2. The molecular weight excluding hydrogens is 237 g/mol. The van der Waals surface area contributed by atoms with Crippen molar-refractivity contribution in [2.75, 3.05) is 0 Å². The van der Waals surface area contributed by atoms with E-state index >= 15 is 0 Å². The highest BCUT2D eigenvalue weighted by molar-refractivity contribution is 6.42. The van der Waals surface area contributed by atoms with Gasteiger partial charge in [0.05, 0.1) is 15.0 Å². The van der Waals surface area contributed by atoms with E-state index in [0.717, 1.165) is 0 Å². The smallest absolute Gasteiger partial charge is 0.246 e. The second-order valence-electron chi connectivity index (χ2n) is 2.92. The molecule has 0 amide bonds. The molecule has 15 heavy (non-hydrogen) atoms. The van der Waals surface area contributed by atoms with Crippen LogP contribution in [0.25, 0.3) is 6.08 Å². The van der Waals surface area contributed by atoms with Gasteiger partial charge in [-0.1, -0.05) is 36.2 Å². The van der Waals surface area contributed by atoms with Crippen molar-refractivity contribution in [2.24, 2.45) is 0 Å². The normalized spacial score (nSPS) is 11.5. The van der Waals surface area contributed by atoms with Crippen molar-refractivity contribution in [1.82, 2.24) is 0 Å². The monoisotopic (exact) mass is 245 g/mol. The third-order valence-corrected chi connectivity index (χ3v) is 2.61. The first-order valence-electron chi connectivity index (χ1n) is 4.34. The summed E-state index contributed by atoms with van der Waals surface area (Å²) in [6.45, 7) is 1.73. The Morgan fingerprint density at radius 2 is 2.13 bits per heavy atom. The Balaban J connectivity index is 3.07. The Bertz CT molecular complexity index is 416. The van der Waals surface area contributed by atoms with E-state index in [1.807, 2.05) is 0 Å². The minimum Gasteiger partial charge on any atom is -0.259 e. The van der Waals surface area contributed by atoms with Gasteiger partial charge < -0.3 is 0 Å². The zero-order valence-electron chi connectivity index (χ0n) is 8.04. The molecule has 0 aromatic heterocycles. The number of benzene rings is 1. The first kappa shape index (κ1) is 12.0. The summed E-state index contributed by atoms with van der Waals surface area (Å²) in [5, 5.41) is 11.4. The summed E-state index contributed by atoms with van der Waals surface area (Å²) in [5.74, 6) is 0. The molecule has 0 saturated carbocycles. The molecule has 0 unspecified atom stereocenters. The van der Waals surface area contributed by atoms with Crippen LogP contribution in [0.1, 0.15) is 18.9 Å². The van der Waals surface area contributed by atoms with Crippen LogP contribution in [0.4, 0.5) is 0 Å². The molecule has 0 aliphatic rings. The van der Waals surface area contributed by atoms with Crippen LogP contribution in [0.15, 0.2) is 23.9 Å². The van der Waals surface area contributed by atoms with E-state index < -0.39 is 4.92 Å². The van der Waals surface area contributed by atoms with Crippen molar-refractivity contribution < 1.29 is 4.92 Å². The van der Waals surface area contributed by atoms with Crippen LogP contribution in [-0.4, -0.2) is 4.92 Å². The van der Waals surface area contributed by atoms with Gasteiger partial charge in [-0.25, -0.2) is 0 Å². The van der Waals surface area contributed by atoms with Crippen molar-refractivity contribution in [3.05, 3.63) is 49.6 Å². The van der Waals surface area contributed by atoms with Crippen molar-refractivity contribution in [1.29, 1.82) is 0 Å². The first-order chi connectivity index (χ1) is 7.04. The lowest BCUT2D eigenvalue weighted by Crippen LogP contribution is -1.96. The second-order valence-corrected chi connectivity index (χ2v) is 3.73. The maximum atomic E-state index is 10.6. The molecule has 0 N–H and O–H groups in total. The van der Waals surface area contributed by atoms with Crippen LogP contribution < -0.4 is 0 Å². The fourth-order valence-electron chi connectivity index (χ4n) is 1.08. The predicted molar refractivity (Wildman–Crippen MR) is 61.7 cm³/mol. The number of hydrogen-bond donors (Lipinski definition) is 0.